The maximum atomic E-state index is 11.1. The van der Waals surface area contributed by atoms with Gasteiger partial charge in [-0.2, -0.15) is 0 Å². The van der Waals surface area contributed by atoms with Crippen molar-refractivity contribution >= 4 is 5.91 Å². The minimum Gasteiger partial charge on any atom is -0.439 e. The van der Waals surface area contributed by atoms with Crippen LogP contribution in [-0.4, -0.2) is 30.0 Å². The van der Waals surface area contributed by atoms with E-state index in [0.29, 0.717) is 17.5 Å². The Morgan fingerprint density at radius 1 is 1.07 bits per heavy atom. The van der Waals surface area contributed by atoms with E-state index >= 15 is 0 Å². The van der Waals surface area contributed by atoms with Crippen LogP contribution in [0.3, 0.4) is 0 Å². The molecule has 0 aliphatic heterocycles. The predicted molar refractivity (Wildman–Crippen MR) is 118 cm³/mol. The normalized spacial score (nSPS) is 18.9. The number of fused-ring (bicyclic) bond motifs is 1. The van der Waals surface area contributed by atoms with E-state index in [1.807, 2.05) is 6.07 Å². The molecule has 1 aromatic heterocycles. The number of carbonyl (C=O) groups excluding carboxylic acids is 1. The largest absolute Gasteiger partial charge is 0.439 e. The number of pyridine rings is 1. The van der Waals surface area contributed by atoms with E-state index in [1.54, 1.807) is 12.1 Å². The summed E-state index contributed by atoms with van der Waals surface area (Å²) in [7, 11) is 0. The molecule has 30 heavy (non-hydrogen) atoms. The van der Waals surface area contributed by atoms with Crippen molar-refractivity contribution in [1.82, 2.24) is 15.6 Å². The van der Waals surface area contributed by atoms with Gasteiger partial charge in [0.1, 0.15) is 5.75 Å². The molecule has 1 fully saturated rings. The second-order valence-electron chi connectivity index (χ2n) is 8.40. The highest BCUT2D eigenvalue weighted by atomic mass is 16.5. The van der Waals surface area contributed by atoms with Gasteiger partial charge >= 0.3 is 0 Å². The average molecular weight is 409 g/mol. The van der Waals surface area contributed by atoms with Crippen LogP contribution in [0.1, 0.15) is 72.5 Å². The van der Waals surface area contributed by atoms with Gasteiger partial charge in [0.25, 0.3) is 0 Å². The van der Waals surface area contributed by atoms with Crippen molar-refractivity contribution in [3.63, 3.8) is 0 Å². The summed E-state index contributed by atoms with van der Waals surface area (Å²) in [6, 6.07) is 10.7. The molecule has 160 valence electrons. The van der Waals surface area contributed by atoms with E-state index in [0.717, 1.165) is 44.1 Å². The maximum Gasteiger partial charge on any atom is 0.250 e. The molecule has 2 aromatic rings. The zero-order valence-electron chi connectivity index (χ0n) is 17.5. The number of hydrogen-bond acceptors (Lipinski definition) is 5. The molecule has 0 saturated heterocycles. The summed E-state index contributed by atoms with van der Waals surface area (Å²) in [6.07, 6.45) is 11.6. The van der Waals surface area contributed by atoms with Gasteiger partial charge in [-0.1, -0.05) is 25.3 Å². The average Bonchev–Trinajstić information content (AvgIpc) is 3.17. The van der Waals surface area contributed by atoms with Crippen LogP contribution >= 0.6 is 0 Å². The minimum absolute atomic E-state index is 0.374. The van der Waals surface area contributed by atoms with Crippen LogP contribution in [0.25, 0.3) is 0 Å². The topological polar surface area (TPSA) is 89.3 Å². The molecule has 1 aromatic carbocycles. The van der Waals surface area contributed by atoms with Crippen LogP contribution in [0.15, 0.2) is 36.5 Å². The third-order valence-electron chi connectivity index (χ3n) is 6.22. The highest BCUT2D eigenvalue weighted by molar-refractivity contribution is 5.92. The number of hydrogen-bond donors (Lipinski definition) is 3. The van der Waals surface area contributed by atoms with Crippen LogP contribution in [0.5, 0.6) is 11.6 Å². The number of amides is 1. The summed E-state index contributed by atoms with van der Waals surface area (Å²) in [4.78, 5) is 15.3. The molecule has 6 nitrogen and oxygen atoms in total. The van der Waals surface area contributed by atoms with Gasteiger partial charge in [-0.15, -0.1) is 0 Å². The highest BCUT2D eigenvalue weighted by Gasteiger charge is 2.22. The van der Waals surface area contributed by atoms with E-state index < -0.39 is 5.91 Å². The minimum atomic E-state index is -0.491. The Morgan fingerprint density at radius 3 is 2.67 bits per heavy atom. The molecule has 4 N–H and O–H groups in total. The van der Waals surface area contributed by atoms with Gasteiger partial charge in [0, 0.05) is 24.3 Å². The molecule has 0 spiro atoms. The lowest BCUT2D eigenvalue weighted by Crippen LogP contribution is -2.33. The number of aryl methyl sites for hydroxylation is 1. The predicted octanol–water partition coefficient (Wildman–Crippen LogP) is 3.86. The molecular formula is C24H32N4O2. The molecule has 4 rings (SSSR count). The Balaban J connectivity index is 1.24. The summed E-state index contributed by atoms with van der Waals surface area (Å²) >= 11 is 0. The van der Waals surface area contributed by atoms with Crippen molar-refractivity contribution in [2.24, 2.45) is 5.73 Å². The number of aromatic nitrogens is 1. The molecule has 1 saturated carbocycles. The van der Waals surface area contributed by atoms with Gasteiger partial charge < -0.3 is 21.1 Å². The number of nitrogens with one attached hydrogen (secondary N) is 2. The monoisotopic (exact) mass is 408 g/mol. The summed E-state index contributed by atoms with van der Waals surface area (Å²) in [5.41, 5.74) is 8.33. The van der Waals surface area contributed by atoms with Gasteiger partial charge in [0.05, 0.1) is 5.56 Å². The highest BCUT2D eigenvalue weighted by Crippen LogP contribution is 2.34. The van der Waals surface area contributed by atoms with Gasteiger partial charge in [-0.05, 0) is 74.5 Å². The second kappa shape index (κ2) is 10.0. The Morgan fingerprint density at radius 2 is 1.90 bits per heavy atom. The zero-order valence-corrected chi connectivity index (χ0v) is 17.5. The van der Waals surface area contributed by atoms with E-state index in [9.17, 15) is 4.79 Å². The molecule has 1 unspecified atom stereocenters. The summed E-state index contributed by atoms with van der Waals surface area (Å²) in [5.74, 6) is 0.735. The molecule has 0 bridgehead atoms. The molecular weight excluding hydrogens is 376 g/mol. The van der Waals surface area contributed by atoms with E-state index in [4.69, 9.17) is 10.5 Å². The summed E-state index contributed by atoms with van der Waals surface area (Å²) in [6.45, 7) is 2.14. The molecule has 0 radical (unpaired) electrons. The van der Waals surface area contributed by atoms with E-state index in [2.05, 4.69) is 27.8 Å². The quantitative estimate of drug-likeness (QED) is 0.548. The SMILES string of the molecule is NC(=O)c1ccc(Oc2ccc3c(c2)CCC3NCCCNC2CCCCC2)nc1. The fraction of sp³-hybridized carbons (Fsp3) is 0.500. The van der Waals surface area contributed by atoms with Gasteiger partial charge in [-0.3, -0.25) is 4.79 Å². The van der Waals surface area contributed by atoms with E-state index in [1.165, 1.54) is 49.4 Å². The number of primary amides is 1. The maximum absolute atomic E-state index is 11.1. The van der Waals surface area contributed by atoms with Crippen molar-refractivity contribution in [2.45, 2.75) is 63.5 Å². The van der Waals surface area contributed by atoms with Gasteiger partial charge in [0.15, 0.2) is 0 Å². The van der Waals surface area contributed by atoms with Gasteiger partial charge in [-0.25, -0.2) is 4.98 Å². The van der Waals surface area contributed by atoms with Crippen LogP contribution in [0.4, 0.5) is 0 Å². The lowest BCUT2D eigenvalue weighted by atomic mass is 9.95. The number of carbonyl (C=O) groups is 1. The van der Waals surface area contributed by atoms with Crippen LogP contribution < -0.4 is 21.1 Å². The first-order valence-corrected chi connectivity index (χ1v) is 11.2. The first-order chi connectivity index (χ1) is 14.7. The third kappa shape index (κ3) is 5.37. The van der Waals surface area contributed by atoms with Crippen molar-refractivity contribution in [3.8, 4) is 11.6 Å². The van der Waals surface area contributed by atoms with Crippen LogP contribution in [0.2, 0.25) is 0 Å². The van der Waals surface area contributed by atoms with Crippen molar-refractivity contribution in [3.05, 3.63) is 53.2 Å². The molecule has 1 atom stereocenters. The molecule has 2 aliphatic carbocycles. The molecule has 2 aliphatic rings. The third-order valence-corrected chi connectivity index (χ3v) is 6.22. The lowest BCUT2D eigenvalue weighted by Gasteiger charge is -2.23. The Hall–Kier alpha value is -2.44. The molecule has 6 heteroatoms. The van der Waals surface area contributed by atoms with E-state index in [-0.39, 0.29) is 0 Å². The lowest BCUT2D eigenvalue weighted by molar-refractivity contribution is 0.1000. The standard InChI is InChI=1S/C24H32N4O2/c25-24(29)18-8-12-23(28-16-18)30-20-9-10-21-17(15-20)7-11-22(21)27-14-4-13-26-19-5-2-1-3-6-19/h8-10,12,15-16,19,22,26-27H,1-7,11,13-14H2,(H2,25,29). The van der Waals surface area contributed by atoms with Crippen LogP contribution in [-0.2, 0) is 6.42 Å². The molecule has 1 amide bonds. The summed E-state index contributed by atoms with van der Waals surface area (Å²) < 4.78 is 5.85. The smallest absolute Gasteiger partial charge is 0.250 e. The van der Waals surface area contributed by atoms with Crippen molar-refractivity contribution in [1.29, 1.82) is 0 Å². The molecule has 1 heterocycles. The van der Waals surface area contributed by atoms with Crippen molar-refractivity contribution in [2.75, 3.05) is 13.1 Å². The number of nitrogens with two attached hydrogens (primary N) is 1. The van der Waals surface area contributed by atoms with Crippen molar-refractivity contribution < 1.29 is 9.53 Å². The number of nitrogens with zero attached hydrogens (tertiary/aromatic N) is 1. The first-order valence-electron chi connectivity index (χ1n) is 11.2. The number of ether oxygens (including phenoxy) is 1. The Kier molecular flexibility index (Phi) is 6.97. The van der Waals surface area contributed by atoms with Crippen LogP contribution in [0, 0.1) is 0 Å². The summed E-state index contributed by atoms with van der Waals surface area (Å²) in [5, 5.41) is 7.44. The first kappa shape index (κ1) is 20.8. The number of rotatable bonds is 9. The second-order valence-corrected chi connectivity index (χ2v) is 8.40. The fourth-order valence-corrected chi connectivity index (χ4v) is 4.55. The Bertz CT molecular complexity index is 847. The fourth-order valence-electron chi connectivity index (χ4n) is 4.55. The Labute approximate surface area is 178 Å². The van der Waals surface area contributed by atoms with Gasteiger partial charge in [0.2, 0.25) is 11.8 Å². The number of benzene rings is 1. The zero-order chi connectivity index (χ0) is 20.8.